The van der Waals surface area contributed by atoms with E-state index >= 15 is 0 Å². The third-order valence-corrected chi connectivity index (χ3v) is 5.22. The van der Waals surface area contributed by atoms with Crippen molar-refractivity contribution in [3.63, 3.8) is 0 Å². The largest absolute Gasteiger partial charge is 0.361 e. The highest BCUT2D eigenvalue weighted by Crippen LogP contribution is 2.38. The summed E-state index contributed by atoms with van der Waals surface area (Å²) in [5.41, 5.74) is 5.95. The van der Waals surface area contributed by atoms with Crippen LogP contribution in [0.3, 0.4) is 0 Å². The van der Waals surface area contributed by atoms with Crippen molar-refractivity contribution < 1.29 is 4.79 Å². The second-order valence-electron chi connectivity index (χ2n) is 6.53. The molecule has 0 fully saturated rings. The van der Waals surface area contributed by atoms with Gasteiger partial charge in [0, 0.05) is 27.5 Å². The molecule has 0 saturated heterocycles. The van der Waals surface area contributed by atoms with Gasteiger partial charge < -0.3 is 5.32 Å². The van der Waals surface area contributed by atoms with Crippen LogP contribution >= 0.6 is 11.6 Å². The lowest BCUT2D eigenvalue weighted by molar-refractivity contribution is 0.0993. The van der Waals surface area contributed by atoms with Gasteiger partial charge in [0.15, 0.2) is 0 Å². The molecule has 0 aliphatic carbocycles. The van der Waals surface area contributed by atoms with Gasteiger partial charge in [-0.1, -0.05) is 41.9 Å². The standard InChI is InChI=1S/C22H19ClN2O/c1-14-6-5-9-20(15(14)2)24-21-18-7-3-4-8-19(18)22(26)25(21)17-12-10-16(23)11-13-17/h3-13,21,24H,1-2H3. The fourth-order valence-electron chi connectivity index (χ4n) is 3.38. The van der Waals surface area contributed by atoms with E-state index in [0.29, 0.717) is 5.02 Å². The van der Waals surface area contributed by atoms with Gasteiger partial charge in [0.05, 0.1) is 0 Å². The predicted molar refractivity (Wildman–Crippen MR) is 107 cm³/mol. The number of benzene rings is 3. The highest BCUT2D eigenvalue weighted by molar-refractivity contribution is 6.30. The monoisotopic (exact) mass is 362 g/mol. The number of nitrogens with one attached hydrogen (secondary N) is 1. The van der Waals surface area contributed by atoms with E-state index in [1.54, 1.807) is 4.90 Å². The molecule has 1 amide bonds. The van der Waals surface area contributed by atoms with E-state index in [-0.39, 0.29) is 12.1 Å². The zero-order chi connectivity index (χ0) is 18.3. The van der Waals surface area contributed by atoms with Crippen molar-refractivity contribution in [2.24, 2.45) is 0 Å². The third-order valence-electron chi connectivity index (χ3n) is 4.96. The minimum absolute atomic E-state index is 0.00858. The molecule has 0 spiro atoms. The van der Waals surface area contributed by atoms with E-state index in [1.807, 2.05) is 60.7 Å². The first-order valence-corrected chi connectivity index (χ1v) is 8.95. The van der Waals surface area contributed by atoms with Gasteiger partial charge in [0.25, 0.3) is 5.91 Å². The van der Waals surface area contributed by atoms with Crippen LogP contribution in [0.1, 0.15) is 33.2 Å². The fraction of sp³-hybridized carbons (Fsp3) is 0.136. The molecule has 0 bridgehead atoms. The van der Waals surface area contributed by atoms with Gasteiger partial charge in [-0.25, -0.2) is 0 Å². The molecule has 1 atom stereocenters. The van der Waals surface area contributed by atoms with Crippen molar-refractivity contribution in [3.05, 3.63) is 94.0 Å². The Kier molecular flexibility index (Phi) is 4.17. The quantitative estimate of drug-likeness (QED) is 0.645. The van der Waals surface area contributed by atoms with Gasteiger partial charge in [0.2, 0.25) is 0 Å². The Morgan fingerprint density at radius 1 is 0.923 bits per heavy atom. The summed E-state index contributed by atoms with van der Waals surface area (Å²) in [6, 6.07) is 21.3. The first-order chi connectivity index (χ1) is 12.6. The first-order valence-electron chi connectivity index (χ1n) is 8.57. The summed E-state index contributed by atoms with van der Waals surface area (Å²) in [7, 11) is 0. The fourth-order valence-corrected chi connectivity index (χ4v) is 3.51. The lowest BCUT2D eigenvalue weighted by atomic mass is 10.1. The number of rotatable bonds is 3. The smallest absolute Gasteiger partial charge is 0.260 e. The number of halogens is 1. The Bertz CT molecular complexity index is 982. The summed E-state index contributed by atoms with van der Waals surface area (Å²) in [5, 5.41) is 4.22. The molecule has 1 heterocycles. The Labute approximate surface area is 158 Å². The molecule has 130 valence electrons. The van der Waals surface area contributed by atoms with Crippen molar-refractivity contribution in [3.8, 4) is 0 Å². The van der Waals surface area contributed by atoms with Gasteiger partial charge in [-0.05, 0) is 61.4 Å². The van der Waals surface area contributed by atoms with Gasteiger partial charge in [0.1, 0.15) is 6.17 Å². The number of anilines is 2. The minimum atomic E-state index is -0.264. The molecule has 4 heteroatoms. The van der Waals surface area contributed by atoms with Crippen LogP contribution < -0.4 is 10.2 Å². The summed E-state index contributed by atoms with van der Waals surface area (Å²) in [6.07, 6.45) is -0.264. The number of aryl methyl sites for hydroxylation is 1. The molecule has 1 aliphatic heterocycles. The van der Waals surface area contributed by atoms with E-state index in [9.17, 15) is 4.79 Å². The van der Waals surface area contributed by atoms with Crippen molar-refractivity contribution in [1.29, 1.82) is 0 Å². The van der Waals surface area contributed by atoms with Crippen molar-refractivity contribution >= 4 is 28.9 Å². The topological polar surface area (TPSA) is 32.3 Å². The Balaban J connectivity index is 1.81. The highest BCUT2D eigenvalue weighted by Gasteiger charge is 2.37. The Morgan fingerprint density at radius 3 is 2.42 bits per heavy atom. The third kappa shape index (κ3) is 2.74. The number of carbonyl (C=O) groups is 1. The summed E-state index contributed by atoms with van der Waals surface area (Å²) >= 11 is 6.03. The van der Waals surface area contributed by atoms with Crippen LogP contribution in [0.2, 0.25) is 5.02 Å². The zero-order valence-electron chi connectivity index (χ0n) is 14.7. The van der Waals surface area contributed by atoms with Crippen LogP contribution in [-0.2, 0) is 0 Å². The lowest BCUT2D eigenvalue weighted by Crippen LogP contribution is -2.32. The van der Waals surface area contributed by atoms with Gasteiger partial charge >= 0.3 is 0 Å². The molecule has 3 aromatic rings. The van der Waals surface area contributed by atoms with E-state index in [0.717, 1.165) is 22.5 Å². The molecule has 1 unspecified atom stereocenters. The zero-order valence-corrected chi connectivity index (χ0v) is 15.4. The summed E-state index contributed by atoms with van der Waals surface area (Å²) < 4.78 is 0. The average molecular weight is 363 g/mol. The normalized spacial score (nSPS) is 15.9. The maximum Gasteiger partial charge on any atom is 0.260 e. The molecule has 0 saturated carbocycles. The summed E-state index contributed by atoms with van der Waals surface area (Å²) in [5.74, 6) is -0.00858. The maximum atomic E-state index is 13.1. The van der Waals surface area contributed by atoms with Crippen molar-refractivity contribution in [1.82, 2.24) is 0 Å². The molecule has 0 aromatic heterocycles. The number of carbonyl (C=O) groups excluding carboxylic acids is 1. The van der Waals surface area contributed by atoms with Crippen LogP contribution in [0.25, 0.3) is 0 Å². The minimum Gasteiger partial charge on any atom is -0.361 e. The number of fused-ring (bicyclic) bond motifs is 1. The molecule has 1 aliphatic rings. The molecule has 3 nitrogen and oxygen atoms in total. The Morgan fingerprint density at radius 2 is 1.65 bits per heavy atom. The first kappa shape index (κ1) is 16.7. The molecule has 0 radical (unpaired) electrons. The second-order valence-corrected chi connectivity index (χ2v) is 6.97. The summed E-state index contributed by atoms with van der Waals surface area (Å²) in [4.78, 5) is 14.9. The number of hydrogen-bond donors (Lipinski definition) is 1. The van der Waals surface area contributed by atoms with E-state index in [4.69, 9.17) is 11.6 Å². The molecular formula is C22H19ClN2O. The van der Waals surface area contributed by atoms with E-state index in [2.05, 4.69) is 25.2 Å². The van der Waals surface area contributed by atoms with E-state index in [1.165, 1.54) is 11.1 Å². The number of amides is 1. The van der Waals surface area contributed by atoms with Crippen molar-refractivity contribution in [2.45, 2.75) is 20.0 Å². The molecular weight excluding hydrogens is 344 g/mol. The Hall–Kier alpha value is -2.78. The maximum absolute atomic E-state index is 13.1. The number of hydrogen-bond acceptors (Lipinski definition) is 2. The van der Waals surface area contributed by atoms with Crippen LogP contribution in [0.4, 0.5) is 11.4 Å². The second kappa shape index (κ2) is 6.50. The van der Waals surface area contributed by atoms with Crippen molar-refractivity contribution in [2.75, 3.05) is 10.2 Å². The predicted octanol–water partition coefficient (Wildman–Crippen LogP) is 5.73. The summed E-state index contributed by atoms with van der Waals surface area (Å²) in [6.45, 7) is 4.18. The highest BCUT2D eigenvalue weighted by atomic mass is 35.5. The molecule has 3 aromatic carbocycles. The lowest BCUT2D eigenvalue weighted by Gasteiger charge is -2.28. The van der Waals surface area contributed by atoms with E-state index < -0.39 is 0 Å². The van der Waals surface area contributed by atoms with Gasteiger partial charge in [-0.3, -0.25) is 9.69 Å². The van der Waals surface area contributed by atoms with Crippen LogP contribution in [0.5, 0.6) is 0 Å². The van der Waals surface area contributed by atoms with Gasteiger partial charge in [-0.2, -0.15) is 0 Å². The van der Waals surface area contributed by atoms with Gasteiger partial charge in [-0.15, -0.1) is 0 Å². The molecule has 26 heavy (non-hydrogen) atoms. The number of nitrogens with zero attached hydrogens (tertiary/aromatic N) is 1. The average Bonchev–Trinajstić information content (AvgIpc) is 2.92. The molecule has 4 rings (SSSR count). The van der Waals surface area contributed by atoms with Crippen LogP contribution in [0, 0.1) is 13.8 Å². The molecule has 1 N–H and O–H groups in total. The SMILES string of the molecule is Cc1cccc(NC2c3ccccc3C(=O)N2c2ccc(Cl)cc2)c1C. The van der Waals surface area contributed by atoms with Crippen LogP contribution in [0.15, 0.2) is 66.7 Å². The van der Waals surface area contributed by atoms with Crippen LogP contribution in [-0.4, -0.2) is 5.91 Å².